The number of nitrogens with zero attached hydrogens (tertiary/aromatic N) is 2. The molecule has 1 aliphatic rings. The number of sulfone groups is 1. The number of ether oxygens (including phenoxy) is 1. The smallest absolute Gasteiger partial charge is 0.379 e. The number of carbonyl (C=O) groups excluding carboxylic acids is 1. The van der Waals surface area contributed by atoms with Crippen molar-refractivity contribution in [2.24, 2.45) is 0 Å². The first kappa shape index (κ1) is 15.0. The number of rotatable bonds is 5. The number of hydrogen-bond donors (Lipinski definition) is 0. The van der Waals surface area contributed by atoms with E-state index in [1.807, 2.05) is 0 Å². The maximum absolute atomic E-state index is 12.2. The SMILES string of the molecule is CCOC(=O)c1noc(CS(=O)(=O)C2CCCCC2)n1. The van der Waals surface area contributed by atoms with Crippen LogP contribution in [-0.2, 0) is 20.3 Å². The summed E-state index contributed by atoms with van der Waals surface area (Å²) in [5.41, 5.74) is 0. The van der Waals surface area contributed by atoms with Crippen LogP contribution >= 0.6 is 0 Å². The molecule has 0 aromatic carbocycles. The first-order chi connectivity index (χ1) is 9.53. The maximum atomic E-state index is 12.2. The Hall–Kier alpha value is -1.44. The van der Waals surface area contributed by atoms with E-state index in [1.165, 1.54) is 0 Å². The number of esters is 1. The van der Waals surface area contributed by atoms with Crippen molar-refractivity contribution in [3.05, 3.63) is 11.7 Å². The molecule has 7 nitrogen and oxygen atoms in total. The Bertz CT molecular complexity index is 560. The second-order valence-corrected chi connectivity index (χ2v) is 7.08. The van der Waals surface area contributed by atoms with Crippen LogP contribution in [0.4, 0.5) is 0 Å². The van der Waals surface area contributed by atoms with Gasteiger partial charge in [0.15, 0.2) is 9.84 Å². The monoisotopic (exact) mass is 302 g/mol. The molecule has 0 amide bonds. The molecule has 0 bridgehead atoms. The lowest BCUT2D eigenvalue weighted by atomic mass is 10.0. The van der Waals surface area contributed by atoms with E-state index in [0.29, 0.717) is 12.8 Å². The fraction of sp³-hybridized carbons (Fsp3) is 0.750. The van der Waals surface area contributed by atoms with E-state index in [2.05, 4.69) is 10.1 Å². The lowest BCUT2D eigenvalue weighted by molar-refractivity contribution is 0.0508. The molecule has 1 saturated carbocycles. The van der Waals surface area contributed by atoms with Gasteiger partial charge >= 0.3 is 5.97 Å². The normalized spacial score (nSPS) is 17.1. The molecule has 20 heavy (non-hydrogen) atoms. The lowest BCUT2D eigenvalue weighted by Gasteiger charge is -2.20. The van der Waals surface area contributed by atoms with Crippen LogP contribution < -0.4 is 0 Å². The number of aromatic nitrogens is 2. The van der Waals surface area contributed by atoms with Gasteiger partial charge in [0, 0.05) is 0 Å². The van der Waals surface area contributed by atoms with Gasteiger partial charge in [0.2, 0.25) is 5.89 Å². The summed E-state index contributed by atoms with van der Waals surface area (Å²) >= 11 is 0. The second-order valence-electron chi connectivity index (χ2n) is 4.80. The van der Waals surface area contributed by atoms with E-state index in [9.17, 15) is 13.2 Å². The molecular weight excluding hydrogens is 284 g/mol. The Morgan fingerprint density at radius 3 is 2.70 bits per heavy atom. The predicted octanol–water partition coefficient (Wildman–Crippen LogP) is 1.49. The van der Waals surface area contributed by atoms with Crippen molar-refractivity contribution < 1.29 is 22.5 Å². The first-order valence-electron chi connectivity index (χ1n) is 6.74. The third kappa shape index (κ3) is 3.56. The second kappa shape index (κ2) is 6.34. The van der Waals surface area contributed by atoms with Gasteiger partial charge in [-0.15, -0.1) is 0 Å². The van der Waals surface area contributed by atoms with Crippen molar-refractivity contribution in [3.8, 4) is 0 Å². The van der Waals surface area contributed by atoms with Gasteiger partial charge in [0.1, 0.15) is 5.75 Å². The summed E-state index contributed by atoms with van der Waals surface area (Å²) in [6, 6.07) is 0. The van der Waals surface area contributed by atoms with Gasteiger partial charge in [0.25, 0.3) is 5.82 Å². The summed E-state index contributed by atoms with van der Waals surface area (Å²) in [6.07, 6.45) is 4.31. The summed E-state index contributed by atoms with van der Waals surface area (Å²) in [6.45, 7) is 1.86. The highest BCUT2D eigenvalue weighted by Gasteiger charge is 2.30. The van der Waals surface area contributed by atoms with Crippen molar-refractivity contribution in [1.29, 1.82) is 0 Å². The summed E-state index contributed by atoms with van der Waals surface area (Å²) < 4.78 is 34.0. The van der Waals surface area contributed by atoms with Gasteiger partial charge < -0.3 is 9.26 Å². The predicted molar refractivity (Wildman–Crippen MR) is 69.8 cm³/mol. The van der Waals surface area contributed by atoms with Crippen LogP contribution in [0, 0.1) is 0 Å². The molecule has 112 valence electrons. The van der Waals surface area contributed by atoms with E-state index in [0.717, 1.165) is 19.3 Å². The molecule has 0 spiro atoms. The molecule has 1 heterocycles. The van der Waals surface area contributed by atoms with E-state index < -0.39 is 15.8 Å². The van der Waals surface area contributed by atoms with E-state index in [1.54, 1.807) is 6.92 Å². The molecule has 0 atom stereocenters. The zero-order valence-corrected chi connectivity index (χ0v) is 12.2. The van der Waals surface area contributed by atoms with E-state index in [4.69, 9.17) is 9.26 Å². The average Bonchev–Trinajstić information content (AvgIpc) is 2.88. The van der Waals surface area contributed by atoms with Crippen molar-refractivity contribution in [1.82, 2.24) is 10.1 Å². The zero-order chi connectivity index (χ0) is 14.6. The molecule has 1 aliphatic carbocycles. The summed E-state index contributed by atoms with van der Waals surface area (Å²) in [5, 5.41) is 3.10. The van der Waals surface area contributed by atoms with Crippen LogP contribution in [0.5, 0.6) is 0 Å². The Morgan fingerprint density at radius 1 is 1.35 bits per heavy atom. The van der Waals surface area contributed by atoms with Gasteiger partial charge in [0.05, 0.1) is 11.9 Å². The third-order valence-corrected chi connectivity index (χ3v) is 5.45. The van der Waals surface area contributed by atoms with Crippen LogP contribution in [-0.4, -0.2) is 36.4 Å². The molecule has 2 rings (SSSR count). The standard InChI is InChI=1S/C12H18N2O5S/c1-2-18-12(15)11-13-10(19-14-11)8-20(16,17)9-6-4-3-5-7-9/h9H,2-8H2,1H3. The Labute approximate surface area is 117 Å². The van der Waals surface area contributed by atoms with Crippen LogP contribution in [0.25, 0.3) is 0 Å². The third-order valence-electron chi connectivity index (χ3n) is 3.31. The zero-order valence-electron chi connectivity index (χ0n) is 11.4. The molecule has 0 saturated heterocycles. The topological polar surface area (TPSA) is 99.4 Å². The minimum absolute atomic E-state index is 0.0568. The summed E-state index contributed by atoms with van der Waals surface area (Å²) in [5.74, 6) is -1.32. The minimum Gasteiger partial charge on any atom is -0.460 e. The molecule has 0 aliphatic heterocycles. The Kier molecular flexibility index (Phi) is 4.74. The molecule has 0 unspecified atom stereocenters. The molecule has 1 aromatic heterocycles. The van der Waals surface area contributed by atoms with Crippen molar-refractivity contribution in [3.63, 3.8) is 0 Å². The Balaban J connectivity index is 2.04. The minimum atomic E-state index is -3.31. The van der Waals surface area contributed by atoms with Gasteiger partial charge in [-0.05, 0) is 24.9 Å². The molecule has 0 N–H and O–H groups in total. The fourth-order valence-electron chi connectivity index (χ4n) is 2.31. The van der Waals surface area contributed by atoms with E-state index >= 15 is 0 Å². The van der Waals surface area contributed by atoms with Crippen LogP contribution in [0.1, 0.15) is 55.5 Å². The van der Waals surface area contributed by atoms with Crippen LogP contribution in [0.15, 0.2) is 4.52 Å². The van der Waals surface area contributed by atoms with Crippen molar-refractivity contribution in [2.75, 3.05) is 6.61 Å². The largest absolute Gasteiger partial charge is 0.460 e. The highest BCUT2D eigenvalue weighted by molar-refractivity contribution is 7.91. The molecule has 1 aromatic rings. The summed E-state index contributed by atoms with van der Waals surface area (Å²) in [7, 11) is -3.31. The van der Waals surface area contributed by atoms with Crippen molar-refractivity contribution >= 4 is 15.8 Å². The number of carbonyl (C=O) groups is 1. The lowest BCUT2D eigenvalue weighted by Crippen LogP contribution is -2.25. The molecule has 0 radical (unpaired) electrons. The Morgan fingerprint density at radius 2 is 2.05 bits per heavy atom. The molecule has 8 heteroatoms. The summed E-state index contributed by atoms with van der Waals surface area (Å²) in [4.78, 5) is 15.1. The van der Waals surface area contributed by atoms with E-state index in [-0.39, 0.29) is 29.3 Å². The number of hydrogen-bond acceptors (Lipinski definition) is 7. The van der Waals surface area contributed by atoms with Gasteiger partial charge in [-0.25, -0.2) is 13.2 Å². The van der Waals surface area contributed by atoms with Gasteiger partial charge in [-0.2, -0.15) is 4.98 Å². The van der Waals surface area contributed by atoms with Gasteiger partial charge in [-0.3, -0.25) is 0 Å². The molecule has 1 fully saturated rings. The fourth-order valence-corrected chi connectivity index (χ4v) is 4.05. The quantitative estimate of drug-likeness (QED) is 0.760. The highest BCUT2D eigenvalue weighted by atomic mass is 32.2. The maximum Gasteiger partial charge on any atom is 0.379 e. The van der Waals surface area contributed by atoms with Gasteiger partial charge in [-0.1, -0.05) is 19.3 Å². The molecular formula is C12H18N2O5S. The van der Waals surface area contributed by atoms with Crippen LogP contribution in [0.3, 0.4) is 0 Å². The first-order valence-corrected chi connectivity index (χ1v) is 8.45. The van der Waals surface area contributed by atoms with Crippen molar-refractivity contribution in [2.45, 2.75) is 50.0 Å². The van der Waals surface area contributed by atoms with Crippen LogP contribution in [0.2, 0.25) is 0 Å². The average molecular weight is 302 g/mol. The highest BCUT2D eigenvalue weighted by Crippen LogP contribution is 2.25.